The van der Waals surface area contributed by atoms with Crippen molar-refractivity contribution in [3.05, 3.63) is 77.9 Å². The van der Waals surface area contributed by atoms with Crippen LogP contribution in [-0.2, 0) is 20.8 Å². The first-order valence-corrected chi connectivity index (χ1v) is 13.0. The first kappa shape index (κ1) is 26.4. The van der Waals surface area contributed by atoms with Gasteiger partial charge in [0.05, 0.1) is 18.8 Å². The molecule has 7 nitrogen and oxygen atoms in total. The molecule has 0 aliphatic carbocycles. The van der Waals surface area contributed by atoms with Crippen molar-refractivity contribution in [2.75, 3.05) is 31.6 Å². The lowest BCUT2D eigenvalue weighted by molar-refractivity contribution is -0.253. The monoisotopic (exact) mass is 494 g/mol. The molecule has 2 aliphatic heterocycles. The van der Waals surface area contributed by atoms with E-state index in [9.17, 15) is 9.90 Å². The molecule has 0 bridgehead atoms. The lowest BCUT2D eigenvalue weighted by atomic mass is 9.99. The van der Waals surface area contributed by atoms with Gasteiger partial charge in [0.25, 0.3) is 0 Å². The minimum atomic E-state index is -0.521. The number of benzene rings is 2. The van der Waals surface area contributed by atoms with Crippen LogP contribution in [0.15, 0.2) is 61.2 Å². The Morgan fingerprint density at radius 3 is 2.33 bits per heavy atom. The van der Waals surface area contributed by atoms with Crippen LogP contribution in [0.5, 0.6) is 0 Å². The molecule has 0 spiro atoms. The molecule has 36 heavy (non-hydrogen) atoms. The number of anilines is 1. The summed E-state index contributed by atoms with van der Waals surface area (Å²) in [6.45, 7) is 6.85. The fourth-order valence-electron chi connectivity index (χ4n) is 4.83. The zero-order chi connectivity index (χ0) is 25.2. The molecule has 2 N–H and O–H groups in total. The summed E-state index contributed by atoms with van der Waals surface area (Å²) in [5.41, 5.74) is 3.50. The van der Waals surface area contributed by atoms with Gasteiger partial charge in [-0.1, -0.05) is 68.3 Å². The van der Waals surface area contributed by atoms with Crippen LogP contribution in [0.4, 0.5) is 10.5 Å². The topological polar surface area (TPSA) is 80.3 Å². The predicted molar refractivity (Wildman–Crippen MR) is 140 cm³/mol. The van der Waals surface area contributed by atoms with Gasteiger partial charge in [-0.2, -0.15) is 0 Å². The van der Waals surface area contributed by atoms with Crippen molar-refractivity contribution in [3.63, 3.8) is 0 Å². The number of likely N-dealkylation sites (tertiary alicyclic amines) is 1. The Hall–Kier alpha value is -2.71. The zero-order valence-corrected chi connectivity index (χ0v) is 20.9. The van der Waals surface area contributed by atoms with Crippen LogP contribution in [0.1, 0.15) is 67.6 Å². The number of nitrogens with one attached hydrogen (secondary N) is 1. The molecule has 2 aliphatic rings. The van der Waals surface area contributed by atoms with E-state index in [2.05, 4.69) is 16.8 Å². The highest BCUT2D eigenvalue weighted by Crippen LogP contribution is 2.38. The quantitative estimate of drug-likeness (QED) is 0.457. The molecule has 7 heteroatoms. The van der Waals surface area contributed by atoms with Crippen molar-refractivity contribution in [3.8, 4) is 0 Å². The summed E-state index contributed by atoms with van der Waals surface area (Å²) in [6, 6.07) is 15.4. The maximum atomic E-state index is 11.8. The summed E-state index contributed by atoms with van der Waals surface area (Å²) >= 11 is 0. The Balaban J connectivity index is 1.47. The number of rotatable bonds is 8. The molecule has 3 atom stereocenters. The van der Waals surface area contributed by atoms with E-state index in [-0.39, 0.29) is 25.4 Å². The second kappa shape index (κ2) is 13.6. The van der Waals surface area contributed by atoms with Gasteiger partial charge in [0, 0.05) is 24.2 Å². The van der Waals surface area contributed by atoms with Crippen LogP contribution in [0.25, 0.3) is 0 Å². The average Bonchev–Trinajstić information content (AvgIpc) is 2.89. The minimum absolute atomic E-state index is 0.0244. The first-order valence-electron chi connectivity index (χ1n) is 13.0. The lowest BCUT2D eigenvalue weighted by Crippen LogP contribution is -2.40. The van der Waals surface area contributed by atoms with E-state index in [1.165, 1.54) is 38.2 Å². The number of carbonyl (C=O) groups is 1. The second-order valence-corrected chi connectivity index (χ2v) is 9.55. The van der Waals surface area contributed by atoms with E-state index in [0.717, 1.165) is 42.7 Å². The van der Waals surface area contributed by atoms with Crippen molar-refractivity contribution in [1.82, 2.24) is 4.90 Å². The van der Waals surface area contributed by atoms with Gasteiger partial charge >= 0.3 is 6.09 Å². The van der Waals surface area contributed by atoms with E-state index in [1.54, 1.807) is 0 Å². The average molecular weight is 495 g/mol. The van der Waals surface area contributed by atoms with E-state index in [4.69, 9.17) is 14.2 Å². The largest absolute Gasteiger partial charge is 0.445 e. The Kier molecular flexibility index (Phi) is 9.93. The smallest absolute Gasteiger partial charge is 0.411 e. The minimum Gasteiger partial charge on any atom is -0.445 e. The fraction of sp³-hybridized carbons (Fsp3) is 0.483. The van der Waals surface area contributed by atoms with Crippen LogP contribution in [-0.4, -0.2) is 48.4 Å². The number of ether oxygens (including phenoxy) is 3. The van der Waals surface area contributed by atoms with Gasteiger partial charge in [-0.3, -0.25) is 5.32 Å². The highest BCUT2D eigenvalue weighted by Gasteiger charge is 2.33. The van der Waals surface area contributed by atoms with Crippen molar-refractivity contribution in [2.45, 2.75) is 63.6 Å². The second-order valence-electron chi connectivity index (χ2n) is 9.55. The SMILES string of the molecule is C=CCOC(=O)Nc1ccc([C@@H]2O[C@H](CN3CCCCCCC3)C[C@H](c3ccc(CO)cc3)O2)cc1. The summed E-state index contributed by atoms with van der Waals surface area (Å²) in [4.78, 5) is 14.4. The van der Waals surface area contributed by atoms with Crippen LogP contribution in [0.3, 0.4) is 0 Å². The third-order valence-corrected chi connectivity index (χ3v) is 6.79. The molecule has 0 saturated carbocycles. The Morgan fingerprint density at radius 1 is 1.00 bits per heavy atom. The third kappa shape index (κ3) is 7.64. The normalized spacial score (nSPS) is 23.3. The molecular formula is C29H38N2O5. The van der Waals surface area contributed by atoms with Crippen molar-refractivity contribution < 1.29 is 24.1 Å². The fourth-order valence-corrected chi connectivity index (χ4v) is 4.83. The van der Waals surface area contributed by atoms with E-state index >= 15 is 0 Å². The molecular weight excluding hydrogens is 456 g/mol. The molecule has 2 aromatic carbocycles. The maximum Gasteiger partial charge on any atom is 0.411 e. The van der Waals surface area contributed by atoms with Crippen molar-refractivity contribution in [1.29, 1.82) is 0 Å². The molecule has 2 aromatic rings. The van der Waals surface area contributed by atoms with Crippen LogP contribution >= 0.6 is 0 Å². The summed E-state index contributed by atoms with van der Waals surface area (Å²) in [5.74, 6) is 0. The summed E-state index contributed by atoms with van der Waals surface area (Å²) in [7, 11) is 0. The highest BCUT2D eigenvalue weighted by molar-refractivity contribution is 5.84. The molecule has 0 unspecified atom stereocenters. The van der Waals surface area contributed by atoms with Crippen LogP contribution in [0, 0.1) is 0 Å². The van der Waals surface area contributed by atoms with Gasteiger partial charge in [-0.15, -0.1) is 0 Å². The van der Waals surface area contributed by atoms with Gasteiger partial charge in [0.2, 0.25) is 0 Å². The number of carbonyl (C=O) groups excluding carboxylic acids is 1. The Bertz CT molecular complexity index is 955. The molecule has 1 amide bonds. The van der Waals surface area contributed by atoms with Crippen molar-refractivity contribution in [2.24, 2.45) is 0 Å². The van der Waals surface area contributed by atoms with Gasteiger partial charge in [-0.25, -0.2) is 4.79 Å². The maximum absolute atomic E-state index is 11.8. The third-order valence-electron chi connectivity index (χ3n) is 6.79. The zero-order valence-electron chi connectivity index (χ0n) is 20.9. The molecule has 2 fully saturated rings. The molecule has 4 rings (SSSR count). The Morgan fingerprint density at radius 2 is 1.67 bits per heavy atom. The summed E-state index contributed by atoms with van der Waals surface area (Å²) in [6.07, 6.45) is 7.62. The van der Waals surface area contributed by atoms with Crippen LogP contribution in [0.2, 0.25) is 0 Å². The number of nitrogens with zero attached hydrogens (tertiary/aromatic N) is 1. The Labute approximate surface area is 214 Å². The summed E-state index contributed by atoms with van der Waals surface area (Å²) < 4.78 is 17.9. The van der Waals surface area contributed by atoms with Gasteiger partial charge in [-0.05, 0) is 49.2 Å². The van der Waals surface area contributed by atoms with Gasteiger partial charge in [0.1, 0.15) is 6.61 Å². The van der Waals surface area contributed by atoms with E-state index < -0.39 is 12.4 Å². The molecule has 0 aromatic heterocycles. The highest BCUT2D eigenvalue weighted by atomic mass is 16.7. The number of hydrogen-bond acceptors (Lipinski definition) is 6. The number of hydrogen-bond donors (Lipinski definition) is 2. The summed E-state index contributed by atoms with van der Waals surface area (Å²) in [5, 5.41) is 12.1. The first-order chi connectivity index (χ1) is 17.6. The number of aliphatic hydroxyl groups is 1. The molecule has 194 valence electrons. The standard InChI is InChI=1S/C29H38N2O5/c1-2-18-34-29(33)30-25-14-12-24(13-15-25)28-35-26(20-31-16-6-4-3-5-7-17-31)19-27(36-28)23-10-8-22(21-32)9-11-23/h2,8-15,26-28,32H,1,3-7,16-21H2,(H,30,33)/t26-,27+,28+/m0/s1. The molecule has 2 heterocycles. The predicted octanol–water partition coefficient (Wildman–Crippen LogP) is 5.72. The van der Waals surface area contributed by atoms with E-state index in [1.807, 2.05) is 48.5 Å². The molecule has 0 radical (unpaired) electrons. The van der Waals surface area contributed by atoms with E-state index in [0.29, 0.717) is 5.69 Å². The van der Waals surface area contributed by atoms with Gasteiger partial charge < -0.3 is 24.2 Å². The lowest BCUT2D eigenvalue weighted by Gasteiger charge is -2.38. The van der Waals surface area contributed by atoms with Gasteiger partial charge in [0.15, 0.2) is 6.29 Å². The number of aliphatic hydroxyl groups excluding tert-OH is 1. The number of amides is 1. The van der Waals surface area contributed by atoms with Crippen molar-refractivity contribution >= 4 is 11.8 Å². The van der Waals surface area contributed by atoms with Crippen LogP contribution < -0.4 is 5.32 Å². The molecule has 2 saturated heterocycles.